The molecular formula is C9H10FNO2. The predicted octanol–water partition coefficient (Wildman–Crippen LogP) is 1.54. The number of nitrogens with two attached hydrogens (primary N) is 1. The van der Waals surface area contributed by atoms with Crippen LogP contribution in [-0.2, 0) is 10.5 Å². The summed E-state index contributed by atoms with van der Waals surface area (Å²) in [5, 5.41) is 8.56. The topological polar surface area (TPSA) is 63.3 Å². The van der Waals surface area contributed by atoms with Gasteiger partial charge in [0.25, 0.3) is 0 Å². The van der Waals surface area contributed by atoms with E-state index in [0.29, 0.717) is 5.69 Å². The average molecular weight is 183 g/mol. The number of benzene rings is 1. The zero-order chi connectivity index (χ0) is 10.1. The highest BCUT2D eigenvalue weighted by atomic mass is 19.1. The quantitative estimate of drug-likeness (QED) is 0.683. The van der Waals surface area contributed by atoms with Gasteiger partial charge in [-0.3, -0.25) is 0 Å². The summed E-state index contributed by atoms with van der Waals surface area (Å²) in [5.41, 5.74) is 3.59. The molecule has 0 fully saturated rings. The number of carboxylic acid groups (broad SMARTS) is 1. The molecular weight excluding hydrogens is 173 g/mol. The molecule has 0 saturated heterocycles. The third kappa shape index (κ3) is 1.77. The predicted molar refractivity (Wildman–Crippen MR) is 47.0 cm³/mol. The van der Waals surface area contributed by atoms with E-state index in [1.807, 2.05) is 0 Å². The maximum absolute atomic E-state index is 13.4. The summed E-state index contributed by atoms with van der Waals surface area (Å²) in [7, 11) is 0. The van der Waals surface area contributed by atoms with Crippen molar-refractivity contribution in [2.45, 2.75) is 12.6 Å². The number of hydrogen-bond acceptors (Lipinski definition) is 2. The summed E-state index contributed by atoms with van der Waals surface area (Å²) in [6.07, 6.45) is 0. The Balaban J connectivity index is 3.08. The summed E-state index contributed by atoms with van der Waals surface area (Å²) >= 11 is 0. The Morgan fingerprint density at radius 2 is 1.92 bits per heavy atom. The highest BCUT2D eigenvalue weighted by molar-refractivity contribution is 5.78. The number of halogens is 1. The van der Waals surface area contributed by atoms with Crippen LogP contribution in [0.3, 0.4) is 0 Å². The zero-order valence-electron chi connectivity index (χ0n) is 7.12. The fourth-order valence-electron chi connectivity index (χ4n) is 0.920. The van der Waals surface area contributed by atoms with Crippen molar-refractivity contribution in [3.05, 3.63) is 29.8 Å². The molecule has 0 spiro atoms. The molecule has 0 aromatic heterocycles. The number of anilines is 1. The molecule has 4 heteroatoms. The van der Waals surface area contributed by atoms with Gasteiger partial charge < -0.3 is 10.8 Å². The van der Waals surface area contributed by atoms with Gasteiger partial charge in [-0.1, -0.05) is 12.1 Å². The number of aliphatic carboxylic acids is 1. The molecule has 0 amide bonds. The van der Waals surface area contributed by atoms with Crippen LogP contribution in [0.25, 0.3) is 0 Å². The molecule has 0 aliphatic heterocycles. The van der Waals surface area contributed by atoms with E-state index in [4.69, 9.17) is 10.8 Å². The number of carbonyl (C=O) groups is 1. The van der Waals surface area contributed by atoms with E-state index in [9.17, 15) is 9.18 Å². The molecule has 0 aliphatic rings. The van der Waals surface area contributed by atoms with Crippen molar-refractivity contribution in [3.63, 3.8) is 0 Å². The van der Waals surface area contributed by atoms with Crippen molar-refractivity contribution in [3.8, 4) is 0 Å². The monoisotopic (exact) mass is 183 g/mol. The summed E-state index contributed by atoms with van der Waals surface area (Å²) in [6, 6.07) is 5.67. The van der Waals surface area contributed by atoms with Crippen LogP contribution in [0.15, 0.2) is 24.3 Å². The lowest BCUT2D eigenvalue weighted by molar-refractivity contribution is -0.150. The van der Waals surface area contributed by atoms with E-state index < -0.39 is 11.6 Å². The van der Waals surface area contributed by atoms with Crippen molar-refractivity contribution < 1.29 is 14.3 Å². The summed E-state index contributed by atoms with van der Waals surface area (Å²) in [6.45, 7) is 1.00. The maximum Gasteiger partial charge on any atom is 0.345 e. The normalized spacial score (nSPS) is 14.9. The summed E-state index contributed by atoms with van der Waals surface area (Å²) in [5.74, 6) is -1.50. The Hall–Kier alpha value is -1.58. The van der Waals surface area contributed by atoms with Gasteiger partial charge in [-0.15, -0.1) is 0 Å². The minimum atomic E-state index is -2.35. The first-order valence-corrected chi connectivity index (χ1v) is 3.73. The van der Waals surface area contributed by atoms with Gasteiger partial charge in [0.05, 0.1) is 0 Å². The van der Waals surface area contributed by atoms with Crippen LogP contribution in [-0.4, -0.2) is 11.1 Å². The van der Waals surface area contributed by atoms with Gasteiger partial charge in [0.15, 0.2) is 0 Å². The molecule has 1 rings (SSSR count). The van der Waals surface area contributed by atoms with Crippen LogP contribution in [0.1, 0.15) is 12.5 Å². The summed E-state index contributed by atoms with van der Waals surface area (Å²) in [4.78, 5) is 10.5. The molecule has 3 N–H and O–H groups in total. The molecule has 3 nitrogen and oxygen atoms in total. The SMILES string of the molecule is CC(F)(C(=O)O)c1ccc(N)cc1. The van der Waals surface area contributed by atoms with Crippen LogP contribution in [0, 0.1) is 0 Å². The molecule has 1 unspecified atom stereocenters. The first-order chi connectivity index (χ1) is 5.94. The Morgan fingerprint density at radius 1 is 1.46 bits per heavy atom. The van der Waals surface area contributed by atoms with Gasteiger partial charge in [0.2, 0.25) is 5.67 Å². The van der Waals surface area contributed by atoms with Gasteiger partial charge >= 0.3 is 5.97 Å². The van der Waals surface area contributed by atoms with Crippen LogP contribution in [0.5, 0.6) is 0 Å². The van der Waals surface area contributed by atoms with Crippen molar-refractivity contribution in [1.29, 1.82) is 0 Å². The van der Waals surface area contributed by atoms with Crippen molar-refractivity contribution in [2.24, 2.45) is 0 Å². The van der Waals surface area contributed by atoms with Crippen LogP contribution in [0.4, 0.5) is 10.1 Å². The van der Waals surface area contributed by atoms with E-state index in [1.54, 1.807) is 0 Å². The van der Waals surface area contributed by atoms with Crippen molar-refractivity contribution in [1.82, 2.24) is 0 Å². The highest BCUT2D eigenvalue weighted by Gasteiger charge is 2.34. The summed E-state index contributed by atoms with van der Waals surface area (Å²) < 4.78 is 13.4. The van der Waals surface area contributed by atoms with Crippen LogP contribution < -0.4 is 5.73 Å². The largest absolute Gasteiger partial charge is 0.479 e. The minimum Gasteiger partial charge on any atom is -0.479 e. The van der Waals surface area contributed by atoms with Crippen LogP contribution in [0.2, 0.25) is 0 Å². The van der Waals surface area contributed by atoms with E-state index in [1.165, 1.54) is 24.3 Å². The Kier molecular flexibility index (Phi) is 2.23. The highest BCUT2D eigenvalue weighted by Crippen LogP contribution is 2.26. The van der Waals surface area contributed by atoms with Crippen molar-refractivity contribution >= 4 is 11.7 Å². The van der Waals surface area contributed by atoms with Crippen LogP contribution >= 0.6 is 0 Å². The van der Waals surface area contributed by atoms with Gasteiger partial charge in [-0.2, -0.15) is 0 Å². The number of hydrogen-bond donors (Lipinski definition) is 2. The lowest BCUT2D eigenvalue weighted by Gasteiger charge is -2.14. The standard InChI is InChI=1S/C9H10FNO2/c1-9(10,8(12)13)6-2-4-7(11)5-3-6/h2-5H,11H2,1H3,(H,12,13). The lowest BCUT2D eigenvalue weighted by atomic mass is 9.98. The Bertz CT molecular complexity index is 319. The molecule has 0 heterocycles. The molecule has 1 aromatic rings. The molecule has 70 valence electrons. The minimum absolute atomic E-state index is 0.0919. The number of rotatable bonds is 2. The zero-order valence-corrected chi connectivity index (χ0v) is 7.12. The van der Waals surface area contributed by atoms with E-state index in [2.05, 4.69) is 0 Å². The number of nitrogen functional groups attached to an aromatic ring is 1. The Morgan fingerprint density at radius 3 is 2.31 bits per heavy atom. The second kappa shape index (κ2) is 3.05. The second-order valence-corrected chi connectivity index (χ2v) is 2.93. The molecule has 0 bridgehead atoms. The molecule has 13 heavy (non-hydrogen) atoms. The maximum atomic E-state index is 13.4. The van der Waals surface area contributed by atoms with E-state index in [0.717, 1.165) is 6.92 Å². The third-order valence-electron chi connectivity index (χ3n) is 1.85. The van der Waals surface area contributed by atoms with E-state index in [-0.39, 0.29) is 5.56 Å². The van der Waals surface area contributed by atoms with Gasteiger partial charge in [0.1, 0.15) is 0 Å². The number of carboxylic acids is 1. The number of alkyl halides is 1. The van der Waals surface area contributed by atoms with Gasteiger partial charge in [-0.05, 0) is 19.1 Å². The first kappa shape index (κ1) is 9.51. The Labute approximate surface area is 75.0 Å². The lowest BCUT2D eigenvalue weighted by Crippen LogP contribution is -2.26. The molecule has 1 atom stereocenters. The fourth-order valence-corrected chi connectivity index (χ4v) is 0.920. The molecule has 0 saturated carbocycles. The molecule has 1 aromatic carbocycles. The van der Waals surface area contributed by atoms with Crippen molar-refractivity contribution in [2.75, 3.05) is 5.73 Å². The fraction of sp³-hybridized carbons (Fsp3) is 0.222. The van der Waals surface area contributed by atoms with Gasteiger partial charge in [-0.25, -0.2) is 9.18 Å². The van der Waals surface area contributed by atoms with E-state index >= 15 is 0 Å². The average Bonchev–Trinajstić information content (AvgIpc) is 2.04. The molecule has 0 radical (unpaired) electrons. The third-order valence-corrected chi connectivity index (χ3v) is 1.85. The first-order valence-electron chi connectivity index (χ1n) is 3.73. The second-order valence-electron chi connectivity index (χ2n) is 2.93. The smallest absolute Gasteiger partial charge is 0.345 e. The molecule has 0 aliphatic carbocycles. The van der Waals surface area contributed by atoms with Gasteiger partial charge in [0, 0.05) is 11.3 Å².